The van der Waals surface area contributed by atoms with Gasteiger partial charge < -0.3 is 10.9 Å². The third-order valence-corrected chi connectivity index (χ3v) is 4.30. The highest BCUT2D eigenvalue weighted by molar-refractivity contribution is 7.88. The first-order chi connectivity index (χ1) is 7.84. The van der Waals surface area contributed by atoms with Gasteiger partial charge in [0, 0.05) is 38.6 Å². The summed E-state index contributed by atoms with van der Waals surface area (Å²) >= 11 is 0. The average molecular weight is 264 g/mol. The molecule has 0 spiro atoms. The highest BCUT2D eigenvalue weighted by Gasteiger charge is 2.26. The van der Waals surface area contributed by atoms with Gasteiger partial charge in [-0.2, -0.15) is 4.31 Å². The van der Waals surface area contributed by atoms with E-state index in [1.54, 1.807) is 0 Å². The summed E-state index contributed by atoms with van der Waals surface area (Å²) in [6.45, 7) is 4.33. The molecule has 1 fully saturated rings. The van der Waals surface area contributed by atoms with Gasteiger partial charge in [0.2, 0.25) is 10.0 Å². The summed E-state index contributed by atoms with van der Waals surface area (Å²) in [5.41, 5.74) is 5.44. The summed E-state index contributed by atoms with van der Waals surface area (Å²) in [6.07, 6.45) is 1.71. The summed E-state index contributed by atoms with van der Waals surface area (Å²) in [6, 6.07) is 0.146. The van der Waals surface area contributed by atoms with Crippen molar-refractivity contribution in [1.29, 1.82) is 0 Å². The van der Waals surface area contributed by atoms with Crippen molar-refractivity contribution in [2.75, 3.05) is 32.4 Å². The maximum atomic E-state index is 11.3. The molecule has 1 aliphatic heterocycles. The first-order valence-electron chi connectivity index (χ1n) is 5.50. The van der Waals surface area contributed by atoms with Crippen molar-refractivity contribution >= 4 is 15.9 Å². The van der Waals surface area contributed by atoms with Crippen LogP contribution in [0, 0.1) is 0 Å². The van der Waals surface area contributed by atoms with E-state index in [0.29, 0.717) is 32.6 Å². The third kappa shape index (κ3) is 4.14. The van der Waals surface area contributed by atoms with Gasteiger partial charge in [-0.3, -0.25) is 4.90 Å². The van der Waals surface area contributed by atoms with Crippen molar-refractivity contribution in [2.24, 2.45) is 10.9 Å². The van der Waals surface area contributed by atoms with Crippen LogP contribution in [-0.4, -0.2) is 67.1 Å². The van der Waals surface area contributed by atoms with E-state index >= 15 is 0 Å². The molecule has 0 aliphatic carbocycles. The van der Waals surface area contributed by atoms with E-state index in [9.17, 15) is 8.42 Å². The Hall–Kier alpha value is -0.860. The number of amidine groups is 1. The zero-order chi connectivity index (χ0) is 13.1. The lowest BCUT2D eigenvalue weighted by Crippen LogP contribution is -2.51. The molecule has 0 saturated carbocycles. The van der Waals surface area contributed by atoms with Crippen LogP contribution in [0.4, 0.5) is 0 Å². The second-order valence-corrected chi connectivity index (χ2v) is 6.32. The molecule has 100 valence electrons. The molecule has 0 amide bonds. The molecule has 0 aromatic carbocycles. The minimum Gasteiger partial charge on any atom is -0.409 e. The van der Waals surface area contributed by atoms with Crippen molar-refractivity contribution in [2.45, 2.75) is 19.4 Å². The Morgan fingerprint density at radius 3 is 2.35 bits per heavy atom. The van der Waals surface area contributed by atoms with E-state index in [1.165, 1.54) is 10.6 Å². The molecule has 3 N–H and O–H groups in total. The van der Waals surface area contributed by atoms with Crippen LogP contribution in [0.2, 0.25) is 0 Å². The topological polar surface area (TPSA) is 99.2 Å². The summed E-state index contributed by atoms with van der Waals surface area (Å²) in [7, 11) is -3.08. The molecule has 17 heavy (non-hydrogen) atoms. The zero-order valence-corrected chi connectivity index (χ0v) is 11.0. The fraction of sp³-hybridized carbons (Fsp3) is 0.889. The number of oxime groups is 1. The fourth-order valence-corrected chi connectivity index (χ4v) is 2.78. The smallest absolute Gasteiger partial charge is 0.211 e. The van der Waals surface area contributed by atoms with Crippen molar-refractivity contribution in [3.05, 3.63) is 0 Å². The predicted molar refractivity (Wildman–Crippen MR) is 65.5 cm³/mol. The molecule has 0 aromatic rings. The lowest BCUT2D eigenvalue weighted by molar-refractivity contribution is 0.148. The molecular formula is C9H20N4O3S. The lowest BCUT2D eigenvalue weighted by atomic mass is 10.1. The first kappa shape index (κ1) is 14.2. The van der Waals surface area contributed by atoms with Crippen molar-refractivity contribution in [3.8, 4) is 0 Å². The van der Waals surface area contributed by atoms with Crippen LogP contribution in [0.3, 0.4) is 0 Å². The molecule has 0 radical (unpaired) electrons. The fourth-order valence-electron chi connectivity index (χ4n) is 1.95. The second kappa shape index (κ2) is 5.65. The minimum absolute atomic E-state index is 0.146. The van der Waals surface area contributed by atoms with Gasteiger partial charge >= 0.3 is 0 Å². The number of rotatable bonds is 4. The monoisotopic (exact) mass is 264 g/mol. The molecule has 0 aromatic heterocycles. The van der Waals surface area contributed by atoms with Crippen molar-refractivity contribution in [3.63, 3.8) is 0 Å². The number of sulfonamides is 1. The van der Waals surface area contributed by atoms with Gasteiger partial charge in [0.25, 0.3) is 0 Å². The van der Waals surface area contributed by atoms with Gasteiger partial charge in [-0.1, -0.05) is 5.16 Å². The van der Waals surface area contributed by atoms with Crippen LogP contribution in [0.25, 0.3) is 0 Å². The Morgan fingerprint density at radius 1 is 1.41 bits per heavy atom. The lowest BCUT2D eigenvalue weighted by Gasteiger charge is -2.36. The highest BCUT2D eigenvalue weighted by atomic mass is 32.2. The van der Waals surface area contributed by atoms with Crippen molar-refractivity contribution < 1.29 is 13.6 Å². The van der Waals surface area contributed by atoms with E-state index in [0.717, 1.165) is 0 Å². The highest BCUT2D eigenvalue weighted by Crippen LogP contribution is 2.11. The predicted octanol–water partition coefficient (Wildman–Crippen LogP) is -0.911. The van der Waals surface area contributed by atoms with E-state index in [4.69, 9.17) is 10.9 Å². The van der Waals surface area contributed by atoms with Crippen LogP contribution < -0.4 is 5.73 Å². The van der Waals surface area contributed by atoms with Crippen LogP contribution in [0.5, 0.6) is 0 Å². The molecule has 8 heteroatoms. The minimum atomic E-state index is -3.08. The molecule has 1 rings (SSSR count). The standard InChI is InChI=1S/C9H20N4O3S/c1-8(7-9(10)11-14)12-3-5-13(6-4-12)17(2,15)16/h8,14H,3-7H2,1-2H3,(H2,10,11). The molecule has 1 unspecified atom stereocenters. The molecular weight excluding hydrogens is 244 g/mol. The zero-order valence-electron chi connectivity index (χ0n) is 10.2. The maximum Gasteiger partial charge on any atom is 0.211 e. The number of hydrogen-bond donors (Lipinski definition) is 2. The SMILES string of the molecule is CC(C/C(N)=N/O)N1CCN(S(C)(=O)=O)CC1. The first-order valence-corrected chi connectivity index (χ1v) is 7.35. The summed E-state index contributed by atoms with van der Waals surface area (Å²) in [5.74, 6) is 0.197. The van der Waals surface area contributed by atoms with Crippen LogP contribution in [0.15, 0.2) is 5.16 Å². The number of hydrogen-bond acceptors (Lipinski definition) is 5. The number of nitrogens with zero attached hydrogens (tertiary/aromatic N) is 3. The quantitative estimate of drug-likeness (QED) is 0.296. The van der Waals surface area contributed by atoms with Gasteiger partial charge in [0.15, 0.2) is 0 Å². The maximum absolute atomic E-state index is 11.3. The Bertz CT molecular complexity index is 374. The summed E-state index contributed by atoms with van der Waals surface area (Å²) in [5, 5.41) is 11.4. The van der Waals surface area contributed by atoms with Gasteiger partial charge in [-0.15, -0.1) is 0 Å². The van der Waals surface area contributed by atoms with E-state index < -0.39 is 10.0 Å². The largest absolute Gasteiger partial charge is 0.409 e. The van der Waals surface area contributed by atoms with E-state index in [2.05, 4.69) is 10.1 Å². The normalized spacial score (nSPS) is 22.6. The van der Waals surface area contributed by atoms with E-state index in [1.807, 2.05) is 6.92 Å². The van der Waals surface area contributed by atoms with Crippen LogP contribution >= 0.6 is 0 Å². The van der Waals surface area contributed by atoms with Gasteiger partial charge in [-0.05, 0) is 6.92 Å². The Kier molecular flexibility index (Phi) is 4.72. The third-order valence-electron chi connectivity index (χ3n) is 3.00. The average Bonchev–Trinajstić information content (AvgIpc) is 2.27. The van der Waals surface area contributed by atoms with Crippen LogP contribution in [-0.2, 0) is 10.0 Å². The van der Waals surface area contributed by atoms with E-state index in [-0.39, 0.29) is 11.9 Å². The second-order valence-electron chi connectivity index (χ2n) is 4.34. The van der Waals surface area contributed by atoms with Crippen LogP contribution in [0.1, 0.15) is 13.3 Å². The Labute approximate surface area is 102 Å². The number of nitrogens with two attached hydrogens (primary N) is 1. The molecule has 1 heterocycles. The summed E-state index contributed by atoms with van der Waals surface area (Å²) < 4.78 is 24.1. The molecule has 1 atom stereocenters. The summed E-state index contributed by atoms with van der Waals surface area (Å²) in [4.78, 5) is 2.14. The molecule has 1 aliphatic rings. The Morgan fingerprint density at radius 2 is 1.94 bits per heavy atom. The van der Waals surface area contributed by atoms with Crippen molar-refractivity contribution in [1.82, 2.24) is 9.21 Å². The van der Waals surface area contributed by atoms with Gasteiger partial charge in [-0.25, -0.2) is 8.42 Å². The van der Waals surface area contributed by atoms with Gasteiger partial charge in [0.05, 0.1) is 6.26 Å². The van der Waals surface area contributed by atoms with Gasteiger partial charge in [0.1, 0.15) is 5.84 Å². The molecule has 7 nitrogen and oxygen atoms in total. The number of piperazine rings is 1. The molecule has 1 saturated heterocycles. The Balaban J connectivity index is 2.47. The molecule has 0 bridgehead atoms.